The number of nitrogens with zero attached hydrogens (tertiary/aromatic N) is 1. The molecular formula is C22H19Cl2N3O. The molecule has 28 heavy (non-hydrogen) atoms. The molecule has 0 saturated heterocycles. The van der Waals surface area contributed by atoms with Crippen LogP contribution in [0.1, 0.15) is 28.1 Å². The van der Waals surface area contributed by atoms with Crippen molar-refractivity contribution in [2.24, 2.45) is 0 Å². The number of halogens is 2. The minimum atomic E-state index is -0.0710. The summed E-state index contributed by atoms with van der Waals surface area (Å²) in [5, 5.41) is 0.959. The number of aryl methyl sites for hydroxylation is 2. The minimum Gasteiger partial charge on any atom is -0.399 e. The molecule has 0 atom stereocenters. The number of hydrogen-bond acceptors (Lipinski definition) is 2. The molecule has 0 aliphatic carbocycles. The Balaban J connectivity index is 1.78. The lowest BCUT2D eigenvalue weighted by Gasteiger charge is -2.17. The van der Waals surface area contributed by atoms with Gasteiger partial charge in [-0.15, -0.1) is 0 Å². The van der Waals surface area contributed by atoms with Gasteiger partial charge in [0.05, 0.1) is 27.9 Å². The Morgan fingerprint density at radius 2 is 1.86 bits per heavy atom. The summed E-state index contributed by atoms with van der Waals surface area (Å²) in [4.78, 5) is 18.3. The minimum absolute atomic E-state index is 0.0710. The topological polar surface area (TPSA) is 62.1 Å². The normalized spacial score (nSPS) is 14.8. The van der Waals surface area contributed by atoms with Gasteiger partial charge in [-0.3, -0.25) is 4.79 Å². The number of rotatable bonds is 3. The summed E-state index contributed by atoms with van der Waals surface area (Å²) in [6.45, 7) is 4.41. The van der Waals surface area contributed by atoms with Crippen LogP contribution in [0.3, 0.4) is 0 Å². The molecule has 0 unspecified atom stereocenters. The number of H-pyrrole nitrogens is 1. The first-order valence-corrected chi connectivity index (χ1v) is 9.62. The Morgan fingerprint density at radius 3 is 2.54 bits per heavy atom. The summed E-state index contributed by atoms with van der Waals surface area (Å²) in [5.41, 5.74) is 12.9. The summed E-state index contributed by atoms with van der Waals surface area (Å²) < 4.78 is 0. The molecule has 4 nitrogen and oxygen atoms in total. The second-order valence-corrected chi connectivity index (χ2v) is 7.84. The molecule has 0 saturated carbocycles. The van der Waals surface area contributed by atoms with Crippen LogP contribution in [0.2, 0.25) is 10.0 Å². The monoisotopic (exact) mass is 411 g/mol. The van der Waals surface area contributed by atoms with Gasteiger partial charge in [0.1, 0.15) is 0 Å². The highest BCUT2D eigenvalue weighted by molar-refractivity contribution is 6.42. The van der Waals surface area contributed by atoms with Gasteiger partial charge in [0.15, 0.2) is 0 Å². The zero-order chi connectivity index (χ0) is 20.0. The van der Waals surface area contributed by atoms with E-state index in [-0.39, 0.29) is 5.91 Å². The predicted molar refractivity (Wildman–Crippen MR) is 117 cm³/mol. The van der Waals surface area contributed by atoms with E-state index in [0.29, 0.717) is 27.9 Å². The van der Waals surface area contributed by atoms with Crippen LogP contribution in [-0.2, 0) is 11.3 Å². The van der Waals surface area contributed by atoms with Crippen molar-refractivity contribution >= 4 is 52.1 Å². The van der Waals surface area contributed by atoms with Crippen LogP contribution in [0.5, 0.6) is 0 Å². The molecule has 0 radical (unpaired) electrons. The lowest BCUT2D eigenvalue weighted by molar-refractivity contribution is -0.113. The molecule has 142 valence electrons. The van der Waals surface area contributed by atoms with E-state index in [1.165, 1.54) is 0 Å². The number of benzene rings is 2. The highest BCUT2D eigenvalue weighted by Crippen LogP contribution is 2.40. The van der Waals surface area contributed by atoms with Crippen LogP contribution >= 0.6 is 23.2 Å². The number of hydrogen-bond donors (Lipinski definition) is 2. The lowest BCUT2D eigenvalue weighted by Crippen LogP contribution is -2.25. The molecule has 1 aliphatic rings. The van der Waals surface area contributed by atoms with Gasteiger partial charge in [0.2, 0.25) is 0 Å². The van der Waals surface area contributed by atoms with E-state index in [1.54, 1.807) is 23.1 Å². The molecule has 3 N–H and O–H groups in total. The van der Waals surface area contributed by atoms with E-state index >= 15 is 0 Å². The van der Waals surface area contributed by atoms with Crippen molar-refractivity contribution in [1.29, 1.82) is 0 Å². The van der Waals surface area contributed by atoms with Gasteiger partial charge in [-0.2, -0.15) is 0 Å². The standard InChI is InChI=1S/C22H19Cl2N3O/c1-12-7-13(2)26-20(12)10-17-16-9-15(25)4-6-21(16)27(22(17)28)11-14-3-5-18(23)19(24)8-14/h3-10,26H,11,25H2,1-2H3/b17-10-. The molecule has 2 aromatic carbocycles. The van der Waals surface area contributed by atoms with E-state index in [1.807, 2.05) is 38.1 Å². The number of nitrogens with two attached hydrogens (primary N) is 1. The molecule has 0 bridgehead atoms. The third kappa shape index (κ3) is 3.30. The first-order chi connectivity index (χ1) is 13.3. The average Bonchev–Trinajstić information content (AvgIpc) is 3.09. The van der Waals surface area contributed by atoms with Gasteiger partial charge >= 0.3 is 0 Å². The lowest BCUT2D eigenvalue weighted by atomic mass is 10.0. The second kappa shape index (κ2) is 7.04. The number of amides is 1. The van der Waals surface area contributed by atoms with E-state index in [9.17, 15) is 4.79 Å². The molecule has 3 aromatic rings. The van der Waals surface area contributed by atoms with Gasteiger partial charge in [0.25, 0.3) is 5.91 Å². The van der Waals surface area contributed by atoms with Crippen molar-refractivity contribution in [3.05, 3.63) is 80.6 Å². The van der Waals surface area contributed by atoms with Gasteiger partial charge < -0.3 is 15.6 Å². The number of fused-ring (bicyclic) bond motifs is 1. The van der Waals surface area contributed by atoms with E-state index in [4.69, 9.17) is 28.9 Å². The zero-order valence-electron chi connectivity index (χ0n) is 15.5. The maximum absolute atomic E-state index is 13.3. The quantitative estimate of drug-likeness (QED) is 0.434. The average molecular weight is 412 g/mol. The van der Waals surface area contributed by atoms with Crippen LogP contribution < -0.4 is 10.6 Å². The summed E-state index contributed by atoms with van der Waals surface area (Å²) in [7, 11) is 0. The van der Waals surface area contributed by atoms with Crippen LogP contribution in [-0.4, -0.2) is 10.9 Å². The number of nitrogens with one attached hydrogen (secondary N) is 1. The Labute approximate surface area is 173 Å². The van der Waals surface area contributed by atoms with E-state index < -0.39 is 0 Å². The van der Waals surface area contributed by atoms with Crippen LogP contribution in [0.25, 0.3) is 11.6 Å². The van der Waals surface area contributed by atoms with Crippen LogP contribution in [0.15, 0.2) is 42.5 Å². The first-order valence-electron chi connectivity index (χ1n) is 8.87. The summed E-state index contributed by atoms with van der Waals surface area (Å²) in [5.74, 6) is -0.0710. The number of anilines is 2. The molecule has 6 heteroatoms. The van der Waals surface area contributed by atoms with Crippen LogP contribution in [0, 0.1) is 13.8 Å². The fourth-order valence-corrected chi connectivity index (χ4v) is 3.86. The van der Waals surface area contributed by atoms with Crippen molar-refractivity contribution in [2.75, 3.05) is 10.6 Å². The van der Waals surface area contributed by atoms with Crippen LogP contribution in [0.4, 0.5) is 11.4 Å². The molecule has 0 spiro atoms. The zero-order valence-corrected chi connectivity index (χ0v) is 17.0. The highest BCUT2D eigenvalue weighted by atomic mass is 35.5. The van der Waals surface area contributed by atoms with Gasteiger partial charge in [0, 0.05) is 22.6 Å². The molecule has 1 aliphatic heterocycles. The highest BCUT2D eigenvalue weighted by Gasteiger charge is 2.32. The summed E-state index contributed by atoms with van der Waals surface area (Å²) in [6, 6.07) is 13.0. The van der Waals surface area contributed by atoms with Crippen molar-refractivity contribution in [3.8, 4) is 0 Å². The molecule has 1 aromatic heterocycles. The number of carbonyl (C=O) groups is 1. The Bertz CT molecular complexity index is 1130. The van der Waals surface area contributed by atoms with Crippen molar-refractivity contribution in [3.63, 3.8) is 0 Å². The smallest absolute Gasteiger partial charge is 0.259 e. The predicted octanol–water partition coefficient (Wildman–Crippen LogP) is 5.61. The third-order valence-electron chi connectivity index (χ3n) is 4.88. The maximum Gasteiger partial charge on any atom is 0.259 e. The molecule has 2 heterocycles. The van der Waals surface area contributed by atoms with E-state index in [0.717, 1.165) is 33.8 Å². The van der Waals surface area contributed by atoms with Crippen molar-refractivity contribution in [1.82, 2.24) is 4.98 Å². The van der Waals surface area contributed by atoms with Gasteiger partial charge in [-0.05, 0) is 67.4 Å². The van der Waals surface area contributed by atoms with Crippen molar-refractivity contribution in [2.45, 2.75) is 20.4 Å². The number of nitrogen functional groups attached to an aromatic ring is 1. The fourth-order valence-electron chi connectivity index (χ4n) is 3.54. The molecule has 4 rings (SSSR count). The SMILES string of the molecule is Cc1cc(C)c(/C=C2\C(=O)N(Cc3ccc(Cl)c(Cl)c3)c3ccc(N)cc32)[nH]1. The Morgan fingerprint density at radius 1 is 1.07 bits per heavy atom. The Hall–Kier alpha value is -2.69. The Kier molecular flexibility index (Phi) is 4.69. The number of aromatic nitrogens is 1. The molecule has 1 amide bonds. The molecular weight excluding hydrogens is 393 g/mol. The number of aromatic amines is 1. The largest absolute Gasteiger partial charge is 0.399 e. The van der Waals surface area contributed by atoms with Crippen molar-refractivity contribution < 1.29 is 4.79 Å². The fraction of sp³-hybridized carbons (Fsp3) is 0.136. The third-order valence-corrected chi connectivity index (χ3v) is 5.62. The molecule has 0 fully saturated rings. The second-order valence-electron chi connectivity index (χ2n) is 7.02. The summed E-state index contributed by atoms with van der Waals surface area (Å²) >= 11 is 12.2. The van der Waals surface area contributed by atoms with E-state index in [2.05, 4.69) is 11.1 Å². The van der Waals surface area contributed by atoms with Gasteiger partial charge in [-0.25, -0.2) is 0 Å². The maximum atomic E-state index is 13.3. The number of carbonyl (C=O) groups excluding carboxylic acids is 1. The summed E-state index contributed by atoms with van der Waals surface area (Å²) in [6.07, 6.45) is 1.90. The van der Waals surface area contributed by atoms with Gasteiger partial charge in [-0.1, -0.05) is 29.3 Å². The first kappa shape index (κ1) is 18.7.